The maximum absolute atomic E-state index is 13.9. The third-order valence-corrected chi connectivity index (χ3v) is 3.92. The molecule has 116 valence electrons. The standard InChI is InChI=1S/C15H18FN5O/c1-10-8-18-5-6-21(10)15-19-13(7-14(22)20(15)2)11-3-4-17-9-12(11)16/h3-4,7,9-10,18H,5-6,8H2,1-2H3/t10-/m0/s1. The summed E-state index contributed by atoms with van der Waals surface area (Å²) in [6.45, 7) is 4.47. The molecule has 6 nitrogen and oxygen atoms in total. The number of nitrogens with one attached hydrogen (secondary N) is 1. The van der Waals surface area contributed by atoms with E-state index in [1.54, 1.807) is 7.05 Å². The molecule has 7 heteroatoms. The van der Waals surface area contributed by atoms with Crippen LogP contribution in [0.5, 0.6) is 0 Å². The summed E-state index contributed by atoms with van der Waals surface area (Å²) in [5, 5.41) is 3.30. The van der Waals surface area contributed by atoms with Crippen molar-refractivity contribution in [2.45, 2.75) is 13.0 Å². The fourth-order valence-corrected chi connectivity index (χ4v) is 2.64. The zero-order chi connectivity index (χ0) is 15.7. The highest BCUT2D eigenvalue weighted by atomic mass is 19.1. The topological polar surface area (TPSA) is 63.0 Å². The second kappa shape index (κ2) is 5.84. The van der Waals surface area contributed by atoms with Crippen molar-refractivity contribution >= 4 is 5.95 Å². The SMILES string of the molecule is C[C@H]1CNCCN1c1nc(-c2ccncc2F)cc(=O)n1C. The van der Waals surface area contributed by atoms with Gasteiger partial charge in [-0.15, -0.1) is 0 Å². The Labute approximate surface area is 127 Å². The lowest BCUT2D eigenvalue weighted by Gasteiger charge is -2.35. The largest absolute Gasteiger partial charge is 0.337 e. The number of anilines is 1. The molecule has 2 aromatic rings. The van der Waals surface area contributed by atoms with Crippen LogP contribution in [-0.4, -0.2) is 40.2 Å². The summed E-state index contributed by atoms with van der Waals surface area (Å²) >= 11 is 0. The monoisotopic (exact) mass is 303 g/mol. The molecule has 0 radical (unpaired) electrons. The van der Waals surface area contributed by atoms with Gasteiger partial charge in [0, 0.05) is 50.6 Å². The Morgan fingerprint density at radius 3 is 3.00 bits per heavy atom. The molecule has 1 fully saturated rings. The Hall–Kier alpha value is -2.28. The lowest BCUT2D eigenvalue weighted by molar-refractivity contribution is 0.485. The van der Waals surface area contributed by atoms with Gasteiger partial charge in [-0.25, -0.2) is 9.37 Å². The van der Waals surface area contributed by atoms with Gasteiger partial charge in [0.2, 0.25) is 5.95 Å². The predicted molar refractivity (Wildman–Crippen MR) is 82.3 cm³/mol. The number of hydrogen-bond acceptors (Lipinski definition) is 5. The van der Waals surface area contributed by atoms with Gasteiger partial charge in [0.1, 0.15) is 0 Å². The fourth-order valence-electron chi connectivity index (χ4n) is 2.64. The Morgan fingerprint density at radius 1 is 1.45 bits per heavy atom. The Kier molecular flexibility index (Phi) is 3.89. The van der Waals surface area contributed by atoms with Crippen molar-refractivity contribution in [3.63, 3.8) is 0 Å². The summed E-state index contributed by atoms with van der Waals surface area (Å²) in [6.07, 6.45) is 2.62. The van der Waals surface area contributed by atoms with E-state index >= 15 is 0 Å². The lowest BCUT2D eigenvalue weighted by Crippen LogP contribution is -2.51. The Bertz CT molecular complexity index is 745. The van der Waals surface area contributed by atoms with Crippen LogP contribution in [0.4, 0.5) is 10.3 Å². The minimum atomic E-state index is -0.484. The number of nitrogens with zero attached hydrogens (tertiary/aromatic N) is 4. The third-order valence-electron chi connectivity index (χ3n) is 3.92. The molecule has 0 amide bonds. The van der Waals surface area contributed by atoms with Crippen LogP contribution in [0, 0.1) is 5.82 Å². The molecule has 22 heavy (non-hydrogen) atoms. The van der Waals surface area contributed by atoms with Gasteiger partial charge < -0.3 is 10.2 Å². The van der Waals surface area contributed by atoms with E-state index in [0.29, 0.717) is 11.6 Å². The number of halogens is 1. The van der Waals surface area contributed by atoms with E-state index in [4.69, 9.17) is 0 Å². The average molecular weight is 303 g/mol. The molecular formula is C15H18FN5O. The fraction of sp³-hybridized carbons (Fsp3) is 0.400. The molecule has 0 bridgehead atoms. The highest BCUT2D eigenvalue weighted by molar-refractivity contribution is 5.60. The number of piperazine rings is 1. The molecule has 1 saturated heterocycles. The summed E-state index contributed by atoms with van der Waals surface area (Å²) in [5.41, 5.74) is 0.419. The third kappa shape index (κ3) is 2.59. The van der Waals surface area contributed by atoms with E-state index in [-0.39, 0.29) is 17.2 Å². The van der Waals surface area contributed by atoms with Crippen molar-refractivity contribution in [3.05, 3.63) is 40.7 Å². The van der Waals surface area contributed by atoms with Gasteiger partial charge in [-0.3, -0.25) is 14.3 Å². The molecule has 3 rings (SSSR count). The molecule has 0 unspecified atom stereocenters. The molecule has 3 heterocycles. The molecule has 1 aliphatic heterocycles. The van der Waals surface area contributed by atoms with Crippen molar-refractivity contribution in [2.24, 2.45) is 7.05 Å². The van der Waals surface area contributed by atoms with Crippen LogP contribution < -0.4 is 15.8 Å². The second-order valence-electron chi connectivity index (χ2n) is 5.44. The van der Waals surface area contributed by atoms with Crippen LogP contribution in [0.2, 0.25) is 0 Å². The molecule has 1 N–H and O–H groups in total. The van der Waals surface area contributed by atoms with Gasteiger partial charge >= 0.3 is 0 Å². The van der Waals surface area contributed by atoms with E-state index < -0.39 is 5.82 Å². The van der Waals surface area contributed by atoms with Crippen molar-refractivity contribution in [2.75, 3.05) is 24.5 Å². The molecule has 0 aromatic carbocycles. The van der Waals surface area contributed by atoms with Crippen LogP contribution in [0.3, 0.4) is 0 Å². The van der Waals surface area contributed by atoms with E-state index in [9.17, 15) is 9.18 Å². The van der Waals surface area contributed by atoms with Crippen molar-refractivity contribution < 1.29 is 4.39 Å². The zero-order valence-corrected chi connectivity index (χ0v) is 12.6. The van der Waals surface area contributed by atoms with E-state index in [0.717, 1.165) is 25.8 Å². The Morgan fingerprint density at radius 2 is 2.27 bits per heavy atom. The van der Waals surface area contributed by atoms with Crippen LogP contribution in [0.15, 0.2) is 29.3 Å². The van der Waals surface area contributed by atoms with Gasteiger partial charge in [-0.1, -0.05) is 0 Å². The van der Waals surface area contributed by atoms with Crippen molar-refractivity contribution in [1.29, 1.82) is 0 Å². The minimum absolute atomic E-state index is 0.207. The maximum Gasteiger partial charge on any atom is 0.255 e. The van der Waals surface area contributed by atoms with Gasteiger partial charge in [0.05, 0.1) is 11.9 Å². The van der Waals surface area contributed by atoms with Gasteiger partial charge in [-0.2, -0.15) is 0 Å². The minimum Gasteiger partial charge on any atom is -0.337 e. The number of hydrogen-bond donors (Lipinski definition) is 1. The van der Waals surface area contributed by atoms with E-state index in [2.05, 4.69) is 27.1 Å². The first-order valence-electron chi connectivity index (χ1n) is 7.23. The maximum atomic E-state index is 13.9. The summed E-state index contributed by atoms with van der Waals surface area (Å²) in [4.78, 5) is 22.6. The second-order valence-corrected chi connectivity index (χ2v) is 5.44. The van der Waals surface area contributed by atoms with E-state index in [1.807, 2.05) is 0 Å². The van der Waals surface area contributed by atoms with Crippen LogP contribution in [0.25, 0.3) is 11.3 Å². The Balaban J connectivity index is 2.11. The number of aromatic nitrogens is 3. The summed E-state index contributed by atoms with van der Waals surface area (Å²) < 4.78 is 15.4. The summed E-state index contributed by atoms with van der Waals surface area (Å²) in [7, 11) is 1.69. The highest BCUT2D eigenvalue weighted by Crippen LogP contribution is 2.22. The smallest absolute Gasteiger partial charge is 0.255 e. The first-order valence-corrected chi connectivity index (χ1v) is 7.23. The molecule has 1 aliphatic rings. The molecule has 0 saturated carbocycles. The molecule has 0 spiro atoms. The molecule has 2 aromatic heterocycles. The van der Waals surface area contributed by atoms with Crippen molar-refractivity contribution in [1.82, 2.24) is 19.9 Å². The van der Waals surface area contributed by atoms with Crippen LogP contribution in [0.1, 0.15) is 6.92 Å². The number of pyridine rings is 1. The molecule has 1 atom stereocenters. The van der Waals surface area contributed by atoms with Crippen LogP contribution in [-0.2, 0) is 7.05 Å². The highest BCUT2D eigenvalue weighted by Gasteiger charge is 2.23. The quantitative estimate of drug-likeness (QED) is 0.888. The van der Waals surface area contributed by atoms with E-state index in [1.165, 1.54) is 22.9 Å². The van der Waals surface area contributed by atoms with Crippen molar-refractivity contribution in [3.8, 4) is 11.3 Å². The first-order chi connectivity index (χ1) is 10.6. The summed E-state index contributed by atoms with van der Waals surface area (Å²) in [6, 6.07) is 3.10. The average Bonchev–Trinajstić information content (AvgIpc) is 2.51. The number of rotatable bonds is 2. The normalized spacial score (nSPS) is 18.5. The zero-order valence-electron chi connectivity index (χ0n) is 12.6. The molecule has 0 aliphatic carbocycles. The lowest BCUT2D eigenvalue weighted by atomic mass is 10.2. The van der Waals surface area contributed by atoms with Gasteiger partial charge in [0.25, 0.3) is 5.56 Å². The van der Waals surface area contributed by atoms with Crippen LogP contribution >= 0.6 is 0 Å². The molecular weight excluding hydrogens is 285 g/mol. The van der Waals surface area contributed by atoms with Gasteiger partial charge in [0.15, 0.2) is 5.82 Å². The van der Waals surface area contributed by atoms with Gasteiger partial charge in [-0.05, 0) is 13.0 Å². The first kappa shape index (κ1) is 14.6. The predicted octanol–water partition coefficient (Wildman–Crippen LogP) is 0.779. The summed E-state index contributed by atoms with van der Waals surface area (Å²) in [5.74, 6) is 0.0790.